The molecule has 7 atom stereocenters. The van der Waals surface area contributed by atoms with Gasteiger partial charge in [0.2, 0.25) is 0 Å². The molecular formula is C23H38O2. The Morgan fingerprint density at radius 1 is 1.04 bits per heavy atom. The summed E-state index contributed by atoms with van der Waals surface area (Å²) < 4.78 is 6.33. The van der Waals surface area contributed by atoms with E-state index in [4.69, 9.17) is 4.74 Å². The van der Waals surface area contributed by atoms with E-state index in [1.165, 1.54) is 38.5 Å². The monoisotopic (exact) mass is 346 g/mol. The van der Waals surface area contributed by atoms with Crippen molar-refractivity contribution in [3.63, 3.8) is 0 Å². The first-order chi connectivity index (χ1) is 11.6. The molecule has 142 valence electrons. The molecule has 0 aromatic heterocycles. The summed E-state index contributed by atoms with van der Waals surface area (Å²) in [5.41, 5.74) is 2.23. The number of allylic oxidation sites excluding steroid dienone is 1. The fraction of sp³-hybridized carbons (Fsp3) is 0.913. The topological polar surface area (TPSA) is 29.5 Å². The summed E-state index contributed by atoms with van der Waals surface area (Å²) in [5.74, 6) is 2.36. The molecule has 0 heterocycles. The normalized spacial score (nSPS) is 49.8. The van der Waals surface area contributed by atoms with Crippen LogP contribution in [0.2, 0.25) is 0 Å². The predicted molar refractivity (Wildman–Crippen MR) is 102 cm³/mol. The van der Waals surface area contributed by atoms with Crippen LogP contribution in [0.3, 0.4) is 0 Å². The highest BCUT2D eigenvalue weighted by molar-refractivity contribution is 5.25. The van der Waals surface area contributed by atoms with Gasteiger partial charge in [-0.15, -0.1) is 0 Å². The molecule has 2 nitrogen and oxygen atoms in total. The Bertz CT molecular complexity index is 559. The van der Waals surface area contributed by atoms with Gasteiger partial charge in [-0.3, -0.25) is 0 Å². The Balaban J connectivity index is 1.56. The molecule has 0 aromatic rings. The molecular weight excluding hydrogens is 308 g/mol. The molecule has 0 aliphatic heterocycles. The zero-order valence-electron chi connectivity index (χ0n) is 17.0. The van der Waals surface area contributed by atoms with Crippen molar-refractivity contribution in [2.24, 2.45) is 28.6 Å². The number of hydrogen-bond acceptors (Lipinski definition) is 2. The summed E-state index contributed by atoms with van der Waals surface area (Å²) in [6.45, 7) is 11.5. The van der Waals surface area contributed by atoms with Crippen molar-refractivity contribution in [2.45, 2.75) is 104 Å². The number of fused-ring (bicyclic) bond motifs is 5. The van der Waals surface area contributed by atoms with Gasteiger partial charge >= 0.3 is 0 Å². The van der Waals surface area contributed by atoms with Gasteiger partial charge in [-0.2, -0.15) is 0 Å². The average Bonchev–Trinajstić information content (AvgIpc) is 2.82. The molecule has 4 aliphatic rings. The molecule has 0 unspecified atom stereocenters. The minimum atomic E-state index is -0.0624. The second-order valence-electron chi connectivity index (χ2n) is 11.0. The zero-order chi connectivity index (χ0) is 18.0. The molecule has 3 fully saturated rings. The second kappa shape index (κ2) is 5.83. The van der Waals surface area contributed by atoms with E-state index in [0.29, 0.717) is 11.5 Å². The maximum absolute atomic E-state index is 10.6. The fourth-order valence-electron chi connectivity index (χ4n) is 7.20. The van der Waals surface area contributed by atoms with Crippen molar-refractivity contribution in [3.8, 4) is 0 Å². The van der Waals surface area contributed by atoms with Gasteiger partial charge in [-0.25, -0.2) is 0 Å². The van der Waals surface area contributed by atoms with Gasteiger partial charge in [0.25, 0.3) is 0 Å². The van der Waals surface area contributed by atoms with Crippen LogP contribution >= 0.6 is 0 Å². The van der Waals surface area contributed by atoms with Crippen LogP contribution in [-0.4, -0.2) is 22.9 Å². The van der Waals surface area contributed by atoms with Gasteiger partial charge in [0.05, 0.1) is 17.8 Å². The van der Waals surface area contributed by atoms with Crippen LogP contribution in [0, 0.1) is 28.6 Å². The fourth-order valence-corrected chi connectivity index (χ4v) is 7.20. The number of aliphatic hydroxyl groups is 1. The number of rotatable bonds is 1. The third-order valence-corrected chi connectivity index (χ3v) is 8.53. The molecule has 0 radical (unpaired) electrons. The number of aliphatic hydroxyl groups excluding tert-OH is 1. The van der Waals surface area contributed by atoms with Crippen molar-refractivity contribution < 1.29 is 9.84 Å². The summed E-state index contributed by atoms with van der Waals surface area (Å²) in [7, 11) is 0. The van der Waals surface area contributed by atoms with E-state index in [-0.39, 0.29) is 17.1 Å². The Morgan fingerprint density at radius 2 is 1.80 bits per heavy atom. The molecule has 25 heavy (non-hydrogen) atoms. The van der Waals surface area contributed by atoms with E-state index in [1.54, 1.807) is 5.57 Å². The predicted octanol–water partition coefficient (Wildman–Crippen LogP) is 5.49. The largest absolute Gasteiger partial charge is 0.393 e. The maximum atomic E-state index is 10.6. The molecule has 0 amide bonds. The highest BCUT2D eigenvalue weighted by Crippen LogP contribution is 2.64. The van der Waals surface area contributed by atoms with E-state index in [9.17, 15) is 5.11 Å². The Morgan fingerprint density at radius 3 is 2.52 bits per heavy atom. The van der Waals surface area contributed by atoms with Crippen LogP contribution in [0.25, 0.3) is 0 Å². The van der Waals surface area contributed by atoms with Crippen molar-refractivity contribution in [3.05, 3.63) is 11.6 Å². The summed E-state index contributed by atoms with van der Waals surface area (Å²) in [6.07, 6.45) is 12.6. The van der Waals surface area contributed by atoms with Crippen molar-refractivity contribution in [2.75, 3.05) is 0 Å². The molecule has 4 rings (SSSR count). The van der Waals surface area contributed by atoms with Crippen LogP contribution in [-0.2, 0) is 4.74 Å². The van der Waals surface area contributed by atoms with Crippen molar-refractivity contribution >= 4 is 0 Å². The first-order valence-electron chi connectivity index (χ1n) is 10.7. The first kappa shape index (κ1) is 18.0. The summed E-state index contributed by atoms with van der Waals surface area (Å²) >= 11 is 0. The first-order valence-corrected chi connectivity index (χ1v) is 10.7. The lowest BCUT2D eigenvalue weighted by atomic mass is 9.48. The average molecular weight is 347 g/mol. The van der Waals surface area contributed by atoms with Gasteiger partial charge < -0.3 is 9.84 Å². The number of ether oxygens (including phenoxy) is 1. The number of hydrogen-bond donors (Lipinski definition) is 1. The third kappa shape index (κ3) is 2.83. The lowest BCUT2D eigenvalue weighted by Gasteiger charge is -2.58. The van der Waals surface area contributed by atoms with Crippen molar-refractivity contribution in [1.29, 1.82) is 0 Å². The van der Waals surface area contributed by atoms with E-state index in [0.717, 1.165) is 30.6 Å². The molecule has 3 saturated carbocycles. The van der Waals surface area contributed by atoms with Gasteiger partial charge in [0.15, 0.2) is 0 Å². The summed E-state index contributed by atoms with van der Waals surface area (Å²) in [6, 6.07) is 0. The SMILES string of the molecule is CC(C)(C)O[C@H]1CC[C@@]2(C)C(=CC[C@H]3[C@H]2CC[C@]2(C)[C@@H](O)CC[C@@H]32)C1. The Kier molecular flexibility index (Phi) is 4.21. The molecule has 1 N–H and O–H groups in total. The van der Waals surface area contributed by atoms with Crippen LogP contribution in [0.1, 0.15) is 86.0 Å². The third-order valence-electron chi connectivity index (χ3n) is 8.53. The molecule has 0 aromatic carbocycles. The smallest absolute Gasteiger partial charge is 0.0619 e. The minimum Gasteiger partial charge on any atom is -0.393 e. The Labute approximate surface area is 154 Å². The van der Waals surface area contributed by atoms with Crippen LogP contribution in [0.15, 0.2) is 11.6 Å². The van der Waals surface area contributed by atoms with Crippen molar-refractivity contribution in [1.82, 2.24) is 0 Å². The molecule has 0 bridgehead atoms. The molecule has 2 heteroatoms. The summed E-state index contributed by atoms with van der Waals surface area (Å²) in [4.78, 5) is 0. The van der Waals surface area contributed by atoms with Gasteiger partial charge in [0, 0.05) is 0 Å². The minimum absolute atomic E-state index is 0.0389. The maximum Gasteiger partial charge on any atom is 0.0619 e. The Hall–Kier alpha value is -0.340. The summed E-state index contributed by atoms with van der Waals surface area (Å²) in [5, 5.41) is 10.6. The van der Waals surface area contributed by atoms with Gasteiger partial charge in [-0.05, 0) is 101 Å². The molecule has 0 spiro atoms. The quantitative estimate of drug-likeness (QED) is 0.636. The van der Waals surface area contributed by atoms with Gasteiger partial charge in [-0.1, -0.05) is 25.5 Å². The molecule has 0 saturated heterocycles. The zero-order valence-corrected chi connectivity index (χ0v) is 17.0. The van der Waals surface area contributed by atoms with Crippen LogP contribution in [0.4, 0.5) is 0 Å². The van der Waals surface area contributed by atoms with Gasteiger partial charge in [0.1, 0.15) is 0 Å². The highest BCUT2D eigenvalue weighted by atomic mass is 16.5. The standard InChI is InChI=1S/C23H38O2/c1-21(2,3)25-16-10-12-22(4)15(14-16)6-7-17-18-8-9-20(24)23(18,5)13-11-19(17)22/h6,16-20,24H,7-14H2,1-5H3/t16-,17+,18-,19+,20-,22-,23-/m0/s1. The lowest BCUT2D eigenvalue weighted by molar-refractivity contribution is -0.0988. The van der Waals surface area contributed by atoms with Crippen LogP contribution in [0.5, 0.6) is 0 Å². The van der Waals surface area contributed by atoms with E-state index >= 15 is 0 Å². The van der Waals surface area contributed by atoms with Crippen LogP contribution < -0.4 is 0 Å². The highest BCUT2D eigenvalue weighted by Gasteiger charge is 2.58. The van der Waals surface area contributed by atoms with E-state index in [2.05, 4.69) is 40.7 Å². The molecule has 4 aliphatic carbocycles. The lowest BCUT2D eigenvalue weighted by Crippen LogP contribution is -2.51. The van der Waals surface area contributed by atoms with E-state index in [1.807, 2.05) is 0 Å². The van der Waals surface area contributed by atoms with E-state index < -0.39 is 0 Å². The second-order valence-corrected chi connectivity index (χ2v) is 11.0.